The standard InChI is InChI=1S/C51H34N2O/c1-51(2)44-27-22-33(28-43(44)42-24-20-31-12-6-7-15-36(31)49(42)51)35-25-26-39(38-17-9-8-16-37(35)38)46-30-45(52-50(53-46)32-13-4-3-5-14-32)34-21-23-41-40-18-10-11-19-47(40)54-48(41)29-34/h3-30H,1-2H3. The second-order valence-corrected chi connectivity index (χ2v) is 14.9. The summed E-state index contributed by atoms with van der Waals surface area (Å²) in [5, 5.41) is 7.18. The largest absolute Gasteiger partial charge is 0.456 e. The average molecular weight is 691 g/mol. The molecule has 0 N–H and O–H groups in total. The molecular formula is C51H34N2O. The van der Waals surface area contributed by atoms with Gasteiger partial charge in [-0.1, -0.05) is 153 Å². The van der Waals surface area contributed by atoms with Gasteiger partial charge in [-0.25, -0.2) is 9.97 Å². The molecule has 0 unspecified atom stereocenters. The number of nitrogens with zero attached hydrogens (tertiary/aromatic N) is 2. The van der Waals surface area contributed by atoms with Crippen LogP contribution in [0.2, 0.25) is 0 Å². The molecule has 54 heavy (non-hydrogen) atoms. The maximum Gasteiger partial charge on any atom is 0.160 e. The third kappa shape index (κ3) is 4.61. The Labute approximate surface area is 313 Å². The summed E-state index contributed by atoms with van der Waals surface area (Å²) in [7, 11) is 0. The molecule has 2 aromatic heterocycles. The number of fused-ring (bicyclic) bond motifs is 9. The Hall–Kier alpha value is -6.84. The molecular weight excluding hydrogens is 657 g/mol. The van der Waals surface area contributed by atoms with Gasteiger partial charge >= 0.3 is 0 Å². The highest BCUT2D eigenvalue weighted by atomic mass is 16.3. The summed E-state index contributed by atoms with van der Waals surface area (Å²) >= 11 is 0. The van der Waals surface area contributed by atoms with Gasteiger partial charge in [0.15, 0.2) is 5.82 Å². The molecule has 11 rings (SSSR count). The van der Waals surface area contributed by atoms with E-state index in [2.05, 4.69) is 153 Å². The van der Waals surface area contributed by atoms with E-state index >= 15 is 0 Å². The Morgan fingerprint density at radius 2 is 1.06 bits per heavy atom. The van der Waals surface area contributed by atoms with E-state index in [4.69, 9.17) is 14.4 Å². The normalized spacial score (nSPS) is 13.1. The minimum absolute atomic E-state index is 0.0912. The van der Waals surface area contributed by atoms with Crippen LogP contribution >= 0.6 is 0 Å². The highest BCUT2D eigenvalue weighted by molar-refractivity contribution is 6.07. The highest BCUT2D eigenvalue weighted by Crippen LogP contribution is 2.52. The van der Waals surface area contributed by atoms with Gasteiger partial charge in [0.1, 0.15) is 11.2 Å². The monoisotopic (exact) mass is 690 g/mol. The van der Waals surface area contributed by atoms with Gasteiger partial charge in [0.2, 0.25) is 0 Å². The van der Waals surface area contributed by atoms with E-state index in [1.165, 1.54) is 49.5 Å². The number of hydrogen-bond donors (Lipinski definition) is 0. The zero-order valence-electron chi connectivity index (χ0n) is 30.0. The van der Waals surface area contributed by atoms with Gasteiger partial charge in [0.25, 0.3) is 0 Å². The van der Waals surface area contributed by atoms with Crippen LogP contribution in [0.4, 0.5) is 0 Å². The minimum atomic E-state index is -0.0912. The van der Waals surface area contributed by atoms with Crippen molar-refractivity contribution >= 4 is 43.5 Å². The molecule has 0 radical (unpaired) electrons. The highest BCUT2D eigenvalue weighted by Gasteiger charge is 2.37. The number of rotatable bonds is 4. The van der Waals surface area contributed by atoms with Crippen molar-refractivity contribution in [3.63, 3.8) is 0 Å². The van der Waals surface area contributed by atoms with Crippen molar-refractivity contribution in [2.24, 2.45) is 0 Å². The van der Waals surface area contributed by atoms with Crippen molar-refractivity contribution in [1.82, 2.24) is 9.97 Å². The molecule has 0 bridgehead atoms. The second-order valence-electron chi connectivity index (χ2n) is 14.9. The zero-order valence-corrected chi connectivity index (χ0v) is 30.0. The summed E-state index contributed by atoms with van der Waals surface area (Å²) in [6, 6.07) is 60.6. The third-order valence-electron chi connectivity index (χ3n) is 11.5. The lowest BCUT2D eigenvalue weighted by Crippen LogP contribution is -2.15. The molecule has 0 saturated heterocycles. The second kappa shape index (κ2) is 11.6. The summed E-state index contributed by atoms with van der Waals surface area (Å²) in [6.45, 7) is 4.73. The van der Waals surface area contributed by atoms with Gasteiger partial charge in [0, 0.05) is 32.9 Å². The van der Waals surface area contributed by atoms with E-state index in [1.54, 1.807) is 0 Å². The Balaban J connectivity index is 1.07. The first-order valence-corrected chi connectivity index (χ1v) is 18.6. The van der Waals surface area contributed by atoms with Crippen LogP contribution < -0.4 is 0 Å². The van der Waals surface area contributed by atoms with Crippen molar-refractivity contribution in [2.45, 2.75) is 19.3 Å². The van der Waals surface area contributed by atoms with Gasteiger partial charge in [-0.3, -0.25) is 0 Å². The first-order chi connectivity index (χ1) is 26.5. The molecule has 10 aromatic rings. The van der Waals surface area contributed by atoms with E-state index in [0.717, 1.165) is 55.4 Å². The fraction of sp³-hybridized carbons (Fsp3) is 0.0588. The Morgan fingerprint density at radius 1 is 0.407 bits per heavy atom. The molecule has 2 heterocycles. The van der Waals surface area contributed by atoms with Gasteiger partial charge in [-0.05, 0) is 85.3 Å². The van der Waals surface area contributed by atoms with E-state index in [1.807, 2.05) is 30.3 Å². The number of hydrogen-bond acceptors (Lipinski definition) is 3. The first-order valence-electron chi connectivity index (χ1n) is 18.6. The number of aromatic nitrogens is 2. The van der Waals surface area contributed by atoms with Crippen LogP contribution in [-0.2, 0) is 5.41 Å². The zero-order chi connectivity index (χ0) is 36.0. The van der Waals surface area contributed by atoms with Crippen molar-refractivity contribution in [1.29, 1.82) is 0 Å². The average Bonchev–Trinajstić information content (AvgIpc) is 3.71. The van der Waals surface area contributed by atoms with Gasteiger partial charge in [0.05, 0.1) is 11.4 Å². The predicted octanol–water partition coefficient (Wildman–Crippen LogP) is 13.7. The van der Waals surface area contributed by atoms with Gasteiger partial charge < -0.3 is 4.42 Å². The molecule has 1 aliphatic carbocycles. The lowest BCUT2D eigenvalue weighted by atomic mass is 9.80. The predicted molar refractivity (Wildman–Crippen MR) is 224 cm³/mol. The molecule has 3 heteroatoms. The SMILES string of the molecule is CC1(C)c2ccc(-c3ccc(-c4cc(-c5ccc6c(c5)oc5ccccc56)nc(-c5ccccc5)n4)c4ccccc34)cc2-c2ccc3ccccc3c21. The van der Waals surface area contributed by atoms with E-state index in [0.29, 0.717) is 5.82 Å². The first kappa shape index (κ1) is 30.8. The van der Waals surface area contributed by atoms with Crippen LogP contribution in [0.1, 0.15) is 25.0 Å². The van der Waals surface area contributed by atoms with Crippen LogP contribution in [0.15, 0.2) is 174 Å². The van der Waals surface area contributed by atoms with Crippen molar-refractivity contribution < 1.29 is 4.42 Å². The number of benzene rings is 8. The fourth-order valence-corrected chi connectivity index (χ4v) is 8.89. The van der Waals surface area contributed by atoms with E-state index in [-0.39, 0.29) is 5.41 Å². The van der Waals surface area contributed by atoms with Crippen LogP contribution in [0.3, 0.4) is 0 Å². The third-order valence-corrected chi connectivity index (χ3v) is 11.5. The molecule has 0 atom stereocenters. The Bertz CT molecular complexity index is 3130. The molecule has 3 nitrogen and oxygen atoms in total. The molecule has 8 aromatic carbocycles. The van der Waals surface area contributed by atoms with Crippen LogP contribution in [0.5, 0.6) is 0 Å². The van der Waals surface area contributed by atoms with E-state index in [9.17, 15) is 0 Å². The van der Waals surface area contributed by atoms with E-state index < -0.39 is 0 Å². The molecule has 0 amide bonds. The van der Waals surface area contributed by atoms with Crippen LogP contribution in [0.25, 0.3) is 99.6 Å². The molecule has 0 aliphatic heterocycles. The van der Waals surface area contributed by atoms with Crippen molar-refractivity contribution in [2.75, 3.05) is 0 Å². The van der Waals surface area contributed by atoms with Crippen LogP contribution in [0, 0.1) is 0 Å². The molecule has 0 fully saturated rings. The summed E-state index contributed by atoms with van der Waals surface area (Å²) < 4.78 is 6.29. The number of para-hydroxylation sites is 1. The smallest absolute Gasteiger partial charge is 0.160 e. The lowest BCUT2D eigenvalue weighted by Gasteiger charge is -2.23. The minimum Gasteiger partial charge on any atom is -0.456 e. The van der Waals surface area contributed by atoms with Gasteiger partial charge in [-0.15, -0.1) is 0 Å². The summed E-state index contributed by atoms with van der Waals surface area (Å²) in [5.74, 6) is 0.688. The van der Waals surface area contributed by atoms with Crippen molar-refractivity contribution in [3.8, 4) is 56.2 Å². The Morgan fingerprint density at radius 3 is 1.91 bits per heavy atom. The fourth-order valence-electron chi connectivity index (χ4n) is 8.89. The maximum absolute atomic E-state index is 6.29. The molecule has 0 spiro atoms. The van der Waals surface area contributed by atoms with Crippen LogP contribution in [-0.4, -0.2) is 9.97 Å². The quantitative estimate of drug-likeness (QED) is 0.184. The maximum atomic E-state index is 6.29. The summed E-state index contributed by atoms with van der Waals surface area (Å²) in [4.78, 5) is 10.4. The molecule has 254 valence electrons. The topological polar surface area (TPSA) is 38.9 Å². The molecule has 1 aliphatic rings. The molecule has 0 saturated carbocycles. The van der Waals surface area contributed by atoms with Crippen molar-refractivity contribution in [3.05, 3.63) is 181 Å². The lowest BCUT2D eigenvalue weighted by molar-refractivity contribution is 0.666. The summed E-state index contributed by atoms with van der Waals surface area (Å²) in [6.07, 6.45) is 0. The summed E-state index contributed by atoms with van der Waals surface area (Å²) in [5.41, 5.74) is 14.3. The Kier molecular flexibility index (Phi) is 6.60. The van der Waals surface area contributed by atoms with Gasteiger partial charge in [-0.2, -0.15) is 0 Å². The number of furan rings is 1.